The molecule has 0 aromatic heterocycles. The first-order valence-electron chi connectivity index (χ1n) is 8.06. The van der Waals surface area contributed by atoms with Crippen molar-refractivity contribution in [3.05, 3.63) is 29.8 Å². The van der Waals surface area contributed by atoms with E-state index < -0.39 is 27.4 Å². The summed E-state index contributed by atoms with van der Waals surface area (Å²) in [5, 5.41) is 9.20. The van der Waals surface area contributed by atoms with Gasteiger partial charge in [0.1, 0.15) is 6.04 Å². The van der Waals surface area contributed by atoms with E-state index >= 15 is 0 Å². The molecule has 1 aliphatic carbocycles. The summed E-state index contributed by atoms with van der Waals surface area (Å²) in [7, 11) is -2.64. The lowest BCUT2D eigenvalue weighted by Gasteiger charge is -2.17. The molecule has 1 aromatic carbocycles. The highest BCUT2D eigenvalue weighted by atomic mass is 32.2. The Morgan fingerprint density at radius 3 is 2.20 bits per heavy atom. The van der Waals surface area contributed by atoms with E-state index in [-0.39, 0.29) is 23.2 Å². The van der Waals surface area contributed by atoms with E-state index in [4.69, 9.17) is 4.74 Å². The van der Waals surface area contributed by atoms with E-state index in [1.54, 1.807) is 12.1 Å². The first kappa shape index (κ1) is 19.4. The van der Waals surface area contributed by atoms with Gasteiger partial charge in [-0.05, 0) is 42.9 Å². The number of hydrogen-bond donors (Lipinski definition) is 2. The van der Waals surface area contributed by atoms with Gasteiger partial charge in [0, 0.05) is 0 Å². The van der Waals surface area contributed by atoms with Gasteiger partial charge < -0.3 is 9.84 Å². The van der Waals surface area contributed by atoms with Crippen molar-refractivity contribution in [3.63, 3.8) is 0 Å². The van der Waals surface area contributed by atoms with Crippen molar-refractivity contribution in [1.29, 1.82) is 0 Å². The maximum atomic E-state index is 12.4. The normalized spacial score (nSPS) is 17.1. The van der Waals surface area contributed by atoms with E-state index in [1.807, 2.05) is 13.8 Å². The molecule has 1 aliphatic rings. The standard InChI is InChI=1S/C17H23NO6S/c1-11(2)10-14(15(19)20)18-25(22,23)13-6-4-12(5-7-13)17(8-9-17)16(21)24-3/h4-7,11,14,18H,8-10H2,1-3H3,(H,19,20). The van der Waals surface area contributed by atoms with Crippen molar-refractivity contribution in [1.82, 2.24) is 4.72 Å². The van der Waals surface area contributed by atoms with Gasteiger partial charge in [-0.3, -0.25) is 9.59 Å². The quantitative estimate of drug-likeness (QED) is 0.675. The molecule has 8 heteroatoms. The highest BCUT2D eigenvalue weighted by Crippen LogP contribution is 2.49. The number of ether oxygens (including phenoxy) is 1. The van der Waals surface area contributed by atoms with Crippen LogP contribution in [0.2, 0.25) is 0 Å². The van der Waals surface area contributed by atoms with Gasteiger partial charge in [-0.2, -0.15) is 4.72 Å². The van der Waals surface area contributed by atoms with Gasteiger partial charge in [0.15, 0.2) is 0 Å². The molecule has 1 fully saturated rings. The molecule has 25 heavy (non-hydrogen) atoms. The number of nitrogens with one attached hydrogen (secondary N) is 1. The predicted molar refractivity (Wildman–Crippen MR) is 90.6 cm³/mol. The largest absolute Gasteiger partial charge is 0.480 e. The van der Waals surface area contributed by atoms with E-state index in [0.29, 0.717) is 18.4 Å². The molecule has 0 radical (unpaired) electrons. The van der Waals surface area contributed by atoms with Gasteiger partial charge in [0.05, 0.1) is 17.4 Å². The number of hydrogen-bond acceptors (Lipinski definition) is 5. The van der Waals surface area contributed by atoms with Crippen molar-refractivity contribution in [2.45, 2.75) is 49.5 Å². The molecule has 2 N–H and O–H groups in total. The number of esters is 1. The Bertz CT molecular complexity index is 750. The van der Waals surface area contributed by atoms with Crippen LogP contribution in [0.3, 0.4) is 0 Å². The van der Waals surface area contributed by atoms with Crippen molar-refractivity contribution in [3.8, 4) is 0 Å². The molecule has 1 saturated carbocycles. The molecule has 138 valence electrons. The van der Waals surface area contributed by atoms with Crippen LogP contribution in [-0.4, -0.2) is 38.6 Å². The molecule has 0 spiro atoms. The fraction of sp³-hybridized carbons (Fsp3) is 0.529. The Hall–Kier alpha value is -1.93. The Balaban J connectivity index is 2.20. The summed E-state index contributed by atoms with van der Waals surface area (Å²) in [5.74, 6) is -1.51. The number of carbonyl (C=O) groups excluding carboxylic acids is 1. The van der Waals surface area contributed by atoms with Gasteiger partial charge in [0.2, 0.25) is 10.0 Å². The van der Waals surface area contributed by atoms with Gasteiger partial charge in [0.25, 0.3) is 0 Å². The van der Waals surface area contributed by atoms with Crippen LogP contribution in [0.25, 0.3) is 0 Å². The fourth-order valence-corrected chi connectivity index (χ4v) is 4.01. The third-order valence-corrected chi connectivity index (χ3v) is 5.83. The molecule has 0 bridgehead atoms. The highest BCUT2D eigenvalue weighted by Gasteiger charge is 2.52. The summed E-state index contributed by atoms with van der Waals surface area (Å²) in [6, 6.07) is 4.74. The molecule has 0 heterocycles. The van der Waals surface area contributed by atoms with Crippen LogP contribution in [0.5, 0.6) is 0 Å². The molecule has 1 aromatic rings. The Morgan fingerprint density at radius 1 is 1.24 bits per heavy atom. The van der Waals surface area contributed by atoms with Crippen molar-refractivity contribution in [2.75, 3.05) is 7.11 Å². The third kappa shape index (κ3) is 4.19. The molecule has 0 amide bonds. The minimum absolute atomic E-state index is 0.0287. The number of carboxylic acid groups (broad SMARTS) is 1. The zero-order valence-corrected chi connectivity index (χ0v) is 15.3. The molecule has 0 aliphatic heterocycles. The second-order valence-corrected chi connectivity index (χ2v) is 8.45. The third-order valence-electron chi connectivity index (χ3n) is 4.35. The average Bonchev–Trinajstić information content (AvgIpc) is 3.34. The predicted octanol–water partition coefficient (Wildman–Crippen LogP) is 1.67. The van der Waals surface area contributed by atoms with Crippen LogP contribution in [0, 0.1) is 5.92 Å². The number of rotatable bonds is 8. The minimum Gasteiger partial charge on any atom is -0.480 e. The number of methoxy groups -OCH3 is 1. The van der Waals surface area contributed by atoms with Crippen LogP contribution in [-0.2, 0) is 29.8 Å². The summed E-state index contributed by atoms with van der Waals surface area (Å²) in [4.78, 5) is 23.1. The number of sulfonamides is 1. The molecule has 7 nitrogen and oxygen atoms in total. The van der Waals surface area contributed by atoms with Gasteiger partial charge >= 0.3 is 11.9 Å². The Morgan fingerprint density at radius 2 is 1.80 bits per heavy atom. The van der Waals surface area contributed by atoms with Crippen LogP contribution in [0.4, 0.5) is 0 Å². The van der Waals surface area contributed by atoms with E-state index in [2.05, 4.69) is 4.72 Å². The van der Waals surface area contributed by atoms with E-state index in [0.717, 1.165) is 0 Å². The molecule has 0 saturated heterocycles. The second-order valence-electron chi connectivity index (χ2n) is 6.74. The summed E-state index contributed by atoms with van der Waals surface area (Å²) < 4.78 is 31.9. The van der Waals surface area contributed by atoms with Crippen LogP contribution < -0.4 is 4.72 Å². The summed E-state index contributed by atoms with van der Waals surface area (Å²) in [6.45, 7) is 3.64. The SMILES string of the molecule is COC(=O)C1(c2ccc(S(=O)(=O)NC(CC(C)C)C(=O)O)cc2)CC1. The average molecular weight is 369 g/mol. The Kier molecular flexibility index (Phi) is 5.53. The van der Waals surface area contributed by atoms with Crippen molar-refractivity contribution < 1.29 is 27.9 Å². The van der Waals surface area contributed by atoms with Crippen molar-refractivity contribution in [2.24, 2.45) is 5.92 Å². The summed E-state index contributed by atoms with van der Waals surface area (Å²) >= 11 is 0. The van der Waals surface area contributed by atoms with Gasteiger partial charge in [-0.1, -0.05) is 26.0 Å². The van der Waals surface area contributed by atoms with E-state index in [9.17, 15) is 23.1 Å². The Labute approximate surface area is 147 Å². The van der Waals surface area contributed by atoms with Crippen LogP contribution in [0.1, 0.15) is 38.7 Å². The minimum atomic E-state index is -3.96. The highest BCUT2D eigenvalue weighted by molar-refractivity contribution is 7.89. The number of carbonyl (C=O) groups is 2. The maximum Gasteiger partial charge on any atom is 0.321 e. The molecule has 1 unspecified atom stereocenters. The number of benzene rings is 1. The smallest absolute Gasteiger partial charge is 0.321 e. The lowest BCUT2D eigenvalue weighted by Crippen LogP contribution is -2.41. The molecular formula is C17H23NO6S. The zero-order valence-electron chi connectivity index (χ0n) is 14.5. The number of aliphatic carboxylic acids is 1. The number of carboxylic acids is 1. The van der Waals surface area contributed by atoms with E-state index in [1.165, 1.54) is 19.2 Å². The lowest BCUT2D eigenvalue weighted by atomic mass is 9.96. The lowest BCUT2D eigenvalue weighted by molar-refractivity contribution is -0.143. The van der Waals surface area contributed by atoms with Crippen LogP contribution in [0.15, 0.2) is 29.2 Å². The second kappa shape index (κ2) is 7.13. The summed E-state index contributed by atoms with van der Waals surface area (Å²) in [5.41, 5.74) is 0.0291. The fourth-order valence-electron chi connectivity index (χ4n) is 2.81. The maximum absolute atomic E-state index is 12.4. The molecule has 1 atom stereocenters. The molecular weight excluding hydrogens is 346 g/mol. The van der Waals surface area contributed by atoms with Gasteiger partial charge in [-0.25, -0.2) is 8.42 Å². The monoisotopic (exact) mass is 369 g/mol. The van der Waals surface area contributed by atoms with Crippen molar-refractivity contribution >= 4 is 22.0 Å². The first-order chi connectivity index (χ1) is 11.6. The molecule has 2 rings (SSSR count). The summed E-state index contributed by atoms with van der Waals surface area (Å²) in [6.07, 6.45) is 1.52. The van der Waals surface area contributed by atoms with Crippen LogP contribution >= 0.6 is 0 Å². The first-order valence-corrected chi connectivity index (χ1v) is 9.55. The van der Waals surface area contributed by atoms with Gasteiger partial charge in [-0.15, -0.1) is 0 Å². The zero-order chi connectivity index (χ0) is 18.8. The topological polar surface area (TPSA) is 110 Å².